The summed E-state index contributed by atoms with van der Waals surface area (Å²) >= 11 is 3.08. The normalized spacial score (nSPS) is 21.4. The van der Waals surface area contributed by atoms with Crippen molar-refractivity contribution in [3.8, 4) is 0 Å². The topological polar surface area (TPSA) is 59.3 Å². The van der Waals surface area contributed by atoms with Crippen molar-refractivity contribution in [2.45, 2.75) is 43.8 Å². The average Bonchev–Trinajstić information content (AvgIpc) is 3.14. The Bertz CT molecular complexity index is 864. The van der Waals surface area contributed by atoms with Crippen LogP contribution in [0.2, 0.25) is 0 Å². The van der Waals surface area contributed by atoms with Gasteiger partial charge in [0.25, 0.3) is 0 Å². The lowest BCUT2D eigenvalue weighted by Crippen LogP contribution is -2.38. The molecule has 0 spiro atoms. The van der Waals surface area contributed by atoms with Crippen molar-refractivity contribution >= 4 is 44.2 Å². The Hall–Kier alpha value is -1.60. The van der Waals surface area contributed by atoms with Crippen LogP contribution in [0.15, 0.2) is 29.4 Å². The van der Waals surface area contributed by atoms with Crippen LogP contribution in [0.4, 0.5) is 0 Å². The highest BCUT2D eigenvalue weighted by atomic mass is 32.2. The van der Waals surface area contributed by atoms with E-state index in [-0.39, 0.29) is 5.91 Å². The first-order valence-corrected chi connectivity index (χ1v) is 10.2. The molecule has 0 atom stereocenters. The molecule has 0 aliphatic heterocycles. The molecule has 7 heteroatoms. The number of hydrogen-bond donors (Lipinski definition) is 1. The third-order valence-corrected chi connectivity index (χ3v) is 6.57. The summed E-state index contributed by atoms with van der Waals surface area (Å²) in [5, 5.41) is 12.4. The maximum atomic E-state index is 12.2. The summed E-state index contributed by atoms with van der Waals surface area (Å²) in [7, 11) is 0. The monoisotopic (exact) mass is 360 g/mol. The quantitative estimate of drug-likeness (QED) is 0.720. The van der Waals surface area contributed by atoms with Crippen molar-refractivity contribution in [2.24, 2.45) is 5.92 Å². The Labute approximate surface area is 148 Å². The molecule has 2 aromatic heterocycles. The molecule has 0 saturated heterocycles. The molecule has 126 valence electrons. The third-order valence-electron chi connectivity index (χ3n) is 4.62. The molecule has 1 N–H and O–H groups in total. The molecule has 24 heavy (non-hydrogen) atoms. The molecule has 3 aromatic rings. The Morgan fingerprint density at radius 1 is 1.29 bits per heavy atom. The van der Waals surface area contributed by atoms with Gasteiger partial charge < -0.3 is 5.32 Å². The maximum absolute atomic E-state index is 12.2. The number of nitrogens with zero attached hydrogens (tertiary/aromatic N) is 3. The van der Waals surface area contributed by atoms with E-state index in [2.05, 4.69) is 34.6 Å². The van der Waals surface area contributed by atoms with Crippen LogP contribution in [0.3, 0.4) is 0 Å². The van der Waals surface area contributed by atoms with Crippen LogP contribution < -0.4 is 5.32 Å². The number of hydrogen-bond acceptors (Lipinski definition) is 5. The van der Waals surface area contributed by atoms with Crippen molar-refractivity contribution in [2.75, 3.05) is 5.75 Å². The molecular formula is C17H20N4OS2. The molecule has 4 rings (SSSR count). The van der Waals surface area contributed by atoms with E-state index in [1.165, 1.54) is 29.3 Å². The first-order chi connectivity index (χ1) is 11.7. The van der Waals surface area contributed by atoms with E-state index in [0.717, 1.165) is 34.4 Å². The summed E-state index contributed by atoms with van der Waals surface area (Å²) in [6.45, 7) is 2.29. The Kier molecular flexibility index (Phi) is 4.45. The Morgan fingerprint density at radius 2 is 2.08 bits per heavy atom. The van der Waals surface area contributed by atoms with Gasteiger partial charge in [-0.1, -0.05) is 42.2 Å². The van der Waals surface area contributed by atoms with E-state index < -0.39 is 0 Å². The molecule has 0 radical (unpaired) electrons. The lowest BCUT2D eigenvalue weighted by molar-refractivity contribution is -0.119. The van der Waals surface area contributed by atoms with Gasteiger partial charge in [0.05, 0.1) is 16.0 Å². The van der Waals surface area contributed by atoms with Gasteiger partial charge in [-0.25, -0.2) is 0 Å². The van der Waals surface area contributed by atoms with Crippen LogP contribution in [0.1, 0.15) is 32.6 Å². The second-order valence-electron chi connectivity index (χ2n) is 6.48. The molecule has 1 amide bonds. The number of para-hydroxylation sites is 1. The number of rotatable bonds is 4. The fourth-order valence-electron chi connectivity index (χ4n) is 3.25. The van der Waals surface area contributed by atoms with E-state index in [1.54, 1.807) is 11.3 Å². The number of aromatic nitrogens is 3. The number of thiazole rings is 1. The second-order valence-corrected chi connectivity index (χ2v) is 8.43. The van der Waals surface area contributed by atoms with Crippen molar-refractivity contribution in [1.29, 1.82) is 0 Å². The van der Waals surface area contributed by atoms with Gasteiger partial charge >= 0.3 is 0 Å². The van der Waals surface area contributed by atoms with E-state index >= 15 is 0 Å². The largest absolute Gasteiger partial charge is 0.353 e. The number of benzene rings is 1. The molecule has 0 bridgehead atoms. The predicted octanol–water partition coefficient (Wildman–Crippen LogP) is 3.73. The van der Waals surface area contributed by atoms with Crippen LogP contribution >= 0.6 is 23.1 Å². The molecule has 5 nitrogen and oxygen atoms in total. The van der Waals surface area contributed by atoms with Gasteiger partial charge in [-0.15, -0.1) is 10.2 Å². The van der Waals surface area contributed by atoms with Crippen LogP contribution in [0.25, 0.3) is 15.2 Å². The molecule has 1 saturated carbocycles. The van der Waals surface area contributed by atoms with Gasteiger partial charge in [-0.05, 0) is 43.7 Å². The highest BCUT2D eigenvalue weighted by Gasteiger charge is 2.20. The first-order valence-electron chi connectivity index (χ1n) is 8.35. The van der Waals surface area contributed by atoms with Crippen molar-refractivity contribution < 1.29 is 4.79 Å². The average molecular weight is 361 g/mol. The molecule has 0 unspecified atom stereocenters. The van der Waals surface area contributed by atoms with Crippen molar-refractivity contribution in [1.82, 2.24) is 19.9 Å². The molecule has 1 aromatic carbocycles. The van der Waals surface area contributed by atoms with Gasteiger partial charge in [0.2, 0.25) is 10.9 Å². The third kappa shape index (κ3) is 3.15. The van der Waals surface area contributed by atoms with Crippen LogP contribution in [-0.4, -0.2) is 32.3 Å². The fraction of sp³-hybridized carbons (Fsp3) is 0.471. The lowest BCUT2D eigenvalue weighted by atomic mass is 9.87. The number of fused-ring (bicyclic) bond motifs is 3. The van der Waals surface area contributed by atoms with Crippen LogP contribution in [0.5, 0.6) is 0 Å². The fourth-order valence-corrected chi connectivity index (χ4v) is 5.03. The van der Waals surface area contributed by atoms with Crippen LogP contribution in [0, 0.1) is 5.92 Å². The number of carbonyl (C=O) groups is 1. The molecule has 1 aliphatic rings. The number of nitrogens with one attached hydrogen (secondary N) is 1. The second kappa shape index (κ2) is 6.72. The Balaban J connectivity index is 1.42. The van der Waals surface area contributed by atoms with Crippen molar-refractivity contribution in [3.63, 3.8) is 0 Å². The summed E-state index contributed by atoms with van der Waals surface area (Å²) in [4.78, 5) is 13.1. The smallest absolute Gasteiger partial charge is 0.230 e. The van der Waals surface area contributed by atoms with Gasteiger partial charge in [0.1, 0.15) is 0 Å². The summed E-state index contributed by atoms with van der Waals surface area (Å²) in [6.07, 6.45) is 4.62. The first kappa shape index (κ1) is 15.9. The zero-order valence-corrected chi connectivity index (χ0v) is 15.2. The Morgan fingerprint density at radius 3 is 2.92 bits per heavy atom. The number of carbonyl (C=O) groups excluding carboxylic acids is 1. The molecule has 1 fully saturated rings. The standard InChI is InChI=1S/C17H20N4OS2/c1-11-6-8-12(9-7-11)18-15(22)10-23-16-19-20-17-21(16)13-4-2-3-5-14(13)24-17/h2-5,11-12H,6-10H2,1H3,(H,18,22). The minimum atomic E-state index is 0.0934. The highest BCUT2D eigenvalue weighted by molar-refractivity contribution is 7.99. The summed E-state index contributed by atoms with van der Waals surface area (Å²) in [6, 6.07) is 8.53. The molecular weight excluding hydrogens is 340 g/mol. The van der Waals surface area contributed by atoms with E-state index in [9.17, 15) is 4.79 Å². The number of thioether (sulfide) groups is 1. The van der Waals surface area contributed by atoms with Gasteiger partial charge in [-0.2, -0.15) is 0 Å². The van der Waals surface area contributed by atoms with E-state index in [0.29, 0.717) is 11.8 Å². The highest BCUT2D eigenvalue weighted by Crippen LogP contribution is 2.29. The maximum Gasteiger partial charge on any atom is 0.230 e. The van der Waals surface area contributed by atoms with Gasteiger partial charge in [-0.3, -0.25) is 9.20 Å². The zero-order valence-electron chi connectivity index (χ0n) is 13.6. The van der Waals surface area contributed by atoms with E-state index in [1.807, 2.05) is 16.5 Å². The summed E-state index contributed by atoms with van der Waals surface area (Å²) in [5.74, 6) is 1.27. The summed E-state index contributed by atoms with van der Waals surface area (Å²) < 4.78 is 3.23. The predicted molar refractivity (Wildman–Crippen MR) is 98.7 cm³/mol. The van der Waals surface area contributed by atoms with Crippen LogP contribution in [-0.2, 0) is 4.79 Å². The summed E-state index contributed by atoms with van der Waals surface area (Å²) in [5.41, 5.74) is 1.10. The van der Waals surface area contributed by atoms with Gasteiger partial charge in [0, 0.05) is 6.04 Å². The minimum absolute atomic E-state index is 0.0934. The lowest BCUT2D eigenvalue weighted by Gasteiger charge is -2.26. The number of amides is 1. The molecule has 2 heterocycles. The molecule has 1 aliphatic carbocycles. The SMILES string of the molecule is CC1CCC(NC(=O)CSc2nnc3sc4ccccc4n23)CC1. The minimum Gasteiger partial charge on any atom is -0.353 e. The van der Waals surface area contributed by atoms with Gasteiger partial charge in [0.15, 0.2) is 5.16 Å². The van der Waals surface area contributed by atoms with Crippen molar-refractivity contribution in [3.05, 3.63) is 24.3 Å². The van der Waals surface area contributed by atoms with E-state index in [4.69, 9.17) is 0 Å². The zero-order chi connectivity index (χ0) is 16.5.